The number of fused-ring (bicyclic) bond motifs is 2. The molecule has 1 N–H and O–H groups in total. The van der Waals surface area contributed by atoms with Gasteiger partial charge in [-0.25, -0.2) is 14.6 Å². The maximum Gasteiger partial charge on any atom is 0.259 e. The first-order valence-corrected chi connectivity index (χ1v) is 12.4. The fraction of sp³-hybridized carbons (Fsp3) is 0.185. The summed E-state index contributed by atoms with van der Waals surface area (Å²) in [6, 6.07) is 22.5. The summed E-state index contributed by atoms with van der Waals surface area (Å²) in [4.78, 5) is 25.8. The minimum atomic E-state index is -0.206. The van der Waals surface area contributed by atoms with Crippen molar-refractivity contribution in [2.75, 3.05) is 11.9 Å². The summed E-state index contributed by atoms with van der Waals surface area (Å²) < 4.78 is 1.85. The van der Waals surface area contributed by atoms with Crippen LogP contribution < -0.4 is 5.32 Å². The Bertz CT molecular complexity index is 1480. The topological polar surface area (TPSA) is 75.9 Å². The molecule has 1 amide bonds. The van der Waals surface area contributed by atoms with Gasteiger partial charge in [-0.1, -0.05) is 60.7 Å². The Morgan fingerprint density at radius 1 is 0.971 bits per heavy atom. The number of aromatic nitrogens is 4. The second-order valence-electron chi connectivity index (χ2n) is 8.71. The van der Waals surface area contributed by atoms with E-state index in [-0.39, 0.29) is 5.91 Å². The van der Waals surface area contributed by atoms with Gasteiger partial charge in [0, 0.05) is 42.5 Å². The van der Waals surface area contributed by atoms with Crippen LogP contribution in [0.2, 0.25) is 0 Å². The van der Waals surface area contributed by atoms with Crippen molar-refractivity contribution in [3.63, 3.8) is 0 Å². The van der Waals surface area contributed by atoms with Gasteiger partial charge in [-0.3, -0.25) is 15.0 Å². The van der Waals surface area contributed by atoms with E-state index >= 15 is 0 Å². The SMILES string of the molecule is O=C(Nc1nc2c(s1)CN(Cc1ccccc1)CC2)c1cnc2c(cnn2Cc2ccccc2)c1. The number of nitrogens with zero attached hydrogens (tertiary/aromatic N) is 5. The molecular formula is C27H24N6OS. The molecule has 0 atom stereocenters. The first-order valence-electron chi connectivity index (χ1n) is 11.6. The summed E-state index contributed by atoms with van der Waals surface area (Å²) in [5.74, 6) is -0.206. The average Bonchev–Trinajstić information content (AvgIpc) is 3.48. The summed E-state index contributed by atoms with van der Waals surface area (Å²) in [5, 5.41) is 8.91. The van der Waals surface area contributed by atoms with Gasteiger partial charge in [0.25, 0.3) is 5.91 Å². The number of carbonyl (C=O) groups excluding carboxylic acids is 1. The third-order valence-corrected chi connectivity index (χ3v) is 7.19. The third kappa shape index (κ3) is 4.71. The highest BCUT2D eigenvalue weighted by atomic mass is 32.1. The monoisotopic (exact) mass is 480 g/mol. The van der Waals surface area contributed by atoms with Crippen molar-refractivity contribution in [2.45, 2.75) is 26.1 Å². The molecule has 8 heteroatoms. The standard InChI is InChI=1S/C27H24N6OS/c34-26(22-13-21-15-29-33(25(21)28-14-22)17-20-9-5-2-6-10-20)31-27-30-23-11-12-32(18-24(23)35-27)16-19-7-3-1-4-8-19/h1-10,13-15H,11-12,16-18H2,(H,30,31,34). The number of amides is 1. The van der Waals surface area contributed by atoms with Gasteiger partial charge in [-0.2, -0.15) is 5.10 Å². The molecule has 7 nitrogen and oxygen atoms in total. The molecule has 0 spiro atoms. The lowest BCUT2D eigenvalue weighted by Gasteiger charge is -2.25. The van der Waals surface area contributed by atoms with E-state index in [0.717, 1.165) is 48.3 Å². The van der Waals surface area contributed by atoms with Gasteiger partial charge < -0.3 is 0 Å². The molecule has 0 fully saturated rings. The Hall–Kier alpha value is -3.88. The lowest BCUT2D eigenvalue weighted by Crippen LogP contribution is -2.29. The van der Waals surface area contributed by atoms with E-state index in [9.17, 15) is 4.79 Å². The van der Waals surface area contributed by atoms with E-state index in [0.29, 0.717) is 17.2 Å². The Balaban J connectivity index is 1.13. The zero-order valence-electron chi connectivity index (χ0n) is 19.1. The zero-order chi connectivity index (χ0) is 23.6. The molecule has 0 unspecified atom stereocenters. The molecule has 174 valence electrons. The molecule has 2 aromatic carbocycles. The molecule has 0 saturated heterocycles. The predicted octanol–water partition coefficient (Wildman–Crippen LogP) is 4.75. The number of rotatable bonds is 6. The highest BCUT2D eigenvalue weighted by Gasteiger charge is 2.22. The van der Waals surface area contributed by atoms with Crippen molar-refractivity contribution >= 4 is 33.4 Å². The van der Waals surface area contributed by atoms with Crippen LogP contribution in [0, 0.1) is 0 Å². The minimum absolute atomic E-state index is 0.206. The first-order chi connectivity index (χ1) is 17.2. The second-order valence-corrected chi connectivity index (χ2v) is 9.80. The molecular weight excluding hydrogens is 456 g/mol. The third-order valence-electron chi connectivity index (χ3n) is 6.19. The van der Waals surface area contributed by atoms with E-state index in [2.05, 4.69) is 56.7 Å². The molecule has 3 aromatic heterocycles. The van der Waals surface area contributed by atoms with Gasteiger partial charge in [0.15, 0.2) is 10.8 Å². The summed E-state index contributed by atoms with van der Waals surface area (Å²) in [6.07, 6.45) is 4.25. The van der Waals surface area contributed by atoms with Crippen LogP contribution in [0.5, 0.6) is 0 Å². The van der Waals surface area contributed by atoms with Crippen LogP contribution in [0.3, 0.4) is 0 Å². The molecule has 0 aliphatic carbocycles. The van der Waals surface area contributed by atoms with E-state index in [1.54, 1.807) is 23.7 Å². The van der Waals surface area contributed by atoms with Crippen molar-refractivity contribution in [3.8, 4) is 0 Å². The second kappa shape index (κ2) is 9.40. The number of hydrogen-bond donors (Lipinski definition) is 1. The number of carbonyl (C=O) groups is 1. The van der Waals surface area contributed by atoms with Crippen molar-refractivity contribution in [1.29, 1.82) is 0 Å². The number of hydrogen-bond acceptors (Lipinski definition) is 6. The minimum Gasteiger partial charge on any atom is -0.298 e. The number of nitrogens with one attached hydrogen (secondary N) is 1. The highest BCUT2D eigenvalue weighted by molar-refractivity contribution is 7.15. The molecule has 0 radical (unpaired) electrons. The molecule has 35 heavy (non-hydrogen) atoms. The Labute approximate surface area is 207 Å². The lowest BCUT2D eigenvalue weighted by atomic mass is 10.1. The quantitative estimate of drug-likeness (QED) is 0.380. The summed E-state index contributed by atoms with van der Waals surface area (Å²) in [7, 11) is 0. The van der Waals surface area contributed by atoms with Gasteiger partial charge in [0.2, 0.25) is 0 Å². The molecule has 1 aliphatic heterocycles. The summed E-state index contributed by atoms with van der Waals surface area (Å²) in [5.41, 5.74) is 4.80. The largest absolute Gasteiger partial charge is 0.298 e. The summed E-state index contributed by atoms with van der Waals surface area (Å²) in [6.45, 7) is 3.37. The van der Waals surface area contributed by atoms with Crippen molar-refractivity contribution in [1.82, 2.24) is 24.6 Å². The van der Waals surface area contributed by atoms with Crippen LogP contribution in [0.4, 0.5) is 5.13 Å². The first kappa shape index (κ1) is 21.6. The molecule has 0 bridgehead atoms. The van der Waals surface area contributed by atoms with Crippen LogP contribution in [0.15, 0.2) is 79.1 Å². The number of anilines is 1. The maximum absolute atomic E-state index is 13.0. The zero-order valence-corrected chi connectivity index (χ0v) is 19.9. The van der Waals surface area contributed by atoms with E-state index < -0.39 is 0 Å². The lowest BCUT2D eigenvalue weighted by molar-refractivity contribution is 0.102. The normalized spacial score (nSPS) is 13.6. The fourth-order valence-electron chi connectivity index (χ4n) is 4.42. The summed E-state index contributed by atoms with van der Waals surface area (Å²) >= 11 is 1.56. The van der Waals surface area contributed by atoms with Crippen molar-refractivity contribution < 1.29 is 4.79 Å². The maximum atomic E-state index is 13.0. The average molecular weight is 481 g/mol. The Kier molecular flexibility index (Phi) is 5.81. The van der Waals surface area contributed by atoms with Crippen LogP contribution in [-0.2, 0) is 26.1 Å². The Morgan fingerprint density at radius 3 is 2.49 bits per heavy atom. The highest BCUT2D eigenvalue weighted by Crippen LogP contribution is 2.29. The number of benzene rings is 2. The van der Waals surface area contributed by atoms with Crippen molar-refractivity contribution in [2.24, 2.45) is 0 Å². The van der Waals surface area contributed by atoms with E-state index in [1.165, 1.54) is 10.4 Å². The molecule has 6 rings (SSSR count). The smallest absolute Gasteiger partial charge is 0.259 e. The van der Waals surface area contributed by atoms with Gasteiger partial charge in [0.05, 0.1) is 24.0 Å². The molecule has 1 aliphatic rings. The van der Waals surface area contributed by atoms with Crippen LogP contribution >= 0.6 is 11.3 Å². The van der Waals surface area contributed by atoms with Crippen LogP contribution in [-0.4, -0.2) is 37.1 Å². The van der Waals surface area contributed by atoms with Gasteiger partial charge >= 0.3 is 0 Å². The van der Waals surface area contributed by atoms with Gasteiger partial charge in [-0.15, -0.1) is 11.3 Å². The molecule has 4 heterocycles. The van der Waals surface area contributed by atoms with E-state index in [1.807, 2.05) is 35.0 Å². The van der Waals surface area contributed by atoms with Gasteiger partial charge in [-0.05, 0) is 17.2 Å². The van der Waals surface area contributed by atoms with Crippen LogP contribution in [0.25, 0.3) is 11.0 Å². The van der Waals surface area contributed by atoms with E-state index in [4.69, 9.17) is 4.98 Å². The van der Waals surface area contributed by atoms with Crippen molar-refractivity contribution in [3.05, 3.63) is 106 Å². The van der Waals surface area contributed by atoms with Crippen LogP contribution in [0.1, 0.15) is 32.1 Å². The number of pyridine rings is 1. The predicted molar refractivity (Wildman–Crippen MR) is 137 cm³/mol. The number of thiazole rings is 1. The van der Waals surface area contributed by atoms with Gasteiger partial charge in [0.1, 0.15) is 0 Å². The Morgan fingerprint density at radius 2 is 1.71 bits per heavy atom. The molecule has 0 saturated carbocycles. The fourth-order valence-corrected chi connectivity index (χ4v) is 5.46. The molecule has 5 aromatic rings.